The Morgan fingerprint density at radius 1 is 1.43 bits per heavy atom. The maximum Gasteiger partial charge on any atom is 0.245 e. The van der Waals surface area contributed by atoms with Crippen molar-refractivity contribution in [3.8, 4) is 0 Å². The monoisotopic (exact) mass is 328 g/mol. The number of rotatable bonds is 4. The summed E-state index contributed by atoms with van der Waals surface area (Å²) in [7, 11) is -2.32. The van der Waals surface area contributed by atoms with E-state index in [4.69, 9.17) is 16.7 Å². The fourth-order valence-electron chi connectivity index (χ4n) is 1.97. The molecular weight excluding hydrogens is 312 g/mol. The molecule has 0 aliphatic rings. The second kappa shape index (κ2) is 5.88. The van der Waals surface area contributed by atoms with E-state index in [0.717, 1.165) is 9.87 Å². The summed E-state index contributed by atoms with van der Waals surface area (Å²) in [6.07, 6.45) is 0. The van der Waals surface area contributed by atoms with Gasteiger partial charge in [0.05, 0.1) is 12.1 Å². The third-order valence-electron chi connectivity index (χ3n) is 3.48. The Hall–Kier alpha value is -1.21. The van der Waals surface area contributed by atoms with Crippen LogP contribution in [0.2, 0.25) is 5.15 Å². The summed E-state index contributed by atoms with van der Waals surface area (Å²) >= 11 is 6.02. The predicted molar refractivity (Wildman–Crippen MR) is 83.0 cm³/mol. The van der Waals surface area contributed by atoms with Crippen LogP contribution in [0.25, 0.3) is 10.9 Å². The van der Waals surface area contributed by atoms with Crippen LogP contribution in [0.15, 0.2) is 29.2 Å². The number of benzene rings is 1. The fraction of sp³-hybridized carbons (Fsp3) is 0.357. The van der Waals surface area contributed by atoms with Crippen molar-refractivity contribution in [3.05, 3.63) is 35.0 Å². The summed E-state index contributed by atoms with van der Waals surface area (Å²) in [6.45, 7) is 3.19. The second-order valence-corrected chi connectivity index (χ2v) is 7.30. The first kappa shape index (κ1) is 16.2. The third-order valence-corrected chi connectivity index (χ3v) is 5.87. The van der Waals surface area contributed by atoms with Crippen LogP contribution in [0, 0.1) is 6.92 Å². The van der Waals surface area contributed by atoms with Gasteiger partial charge in [0, 0.05) is 18.5 Å². The summed E-state index contributed by atoms with van der Waals surface area (Å²) in [5.41, 5.74) is 1.13. The van der Waals surface area contributed by atoms with Crippen LogP contribution in [0.5, 0.6) is 0 Å². The number of hydrogen-bond donors (Lipinski definition) is 1. The van der Waals surface area contributed by atoms with Crippen molar-refractivity contribution in [2.45, 2.75) is 24.8 Å². The molecule has 0 fully saturated rings. The van der Waals surface area contributed by atoms with Crippen LogP contribution in [-0.4, -0.2) is 42.5 Å². The smallest absolute Gasteiger partial charge is 0.245 e. The molecule has 0 saturated heterocycles. The number of halogens is 1. The molecule has 21 heavy (non-hydrogen) atoms. The van der Waals surface area contributed by atoms with Crippen molar-refractivity contribution in [3.63, 3.8) is 0 Å². The highest BCUT2D eigenvalue weighted by molar-refractivity contribution is 7.89. The molecule has 0 aliphatic heterocycles. The Bertz CT molecular complexity index is 777. The number of para-hydroxylation sites is 1. The maximum absolute atomic E-state index is 12.7. The topological polar surface area (TPSA) is 70.5 Å². The van der Waals surface area contributed by atoms with Gasteiger partial charge >= 0.3 is 0 Å². The van der Waals surface area contributed by atoms with Crippen molar-refractivity contribution in [1.82, 2.24) is 9.29 Å². The Morgan fingerprint density at radius 3 is 2.71 bits per heavy atom. The van der Waals surface area contributed by atoms with E-state index in [1.807, 2.05) is 6.92 Å². The van der Waals surface area contributed by atoms with E-state index >= 15 is 0 Å². The van der Waals surface area contributed by atoms with Gasteiger partial charge in [-0.2, -0.15) is 4.31 Å². The van der Waals surface area contributed by atoms with Crippen molar-refractivity contribution in [1.29, 1.82) is 0 Å². The molecule has 2 rings (SSSR count). The molecule has 1 atom stereocenters. The number of likely N-dealkylation sites (N-methyl/N-ethyl adjacent to an activating group) is 1. The van der Waals surface area contributed by atoms with Gasteiger partial charge in [0.25, 0.3) is 0 Å². The van der Waals surface area contributed by atoms with Crippen molar-refractivity contribution >= 4 is 32.5 Å². The molecule has 1 aromatic heterocycles. The van der Waals surface area contributed by atoms with E-state index in [2.05, 4.69) is 4.98 Å². The van der Waals surface area contributed by atoms with E-state index in [-0.39, 0.29) is 16.7 Å². The zero-order valence-corrected chi connectivity index (χ0v) is 13.6. The number of aliphatic hydroxyl groups excluding tert-OH is 1. The first-order chi connectivity index (χ1) is 9.78. The molecular formula is C14H17ClN2O3S. The Balaban J connectivity index is 2.69. The summed E-state index contributed by atoms with van der Waals surface area (Å²) in [5, 5.41) is 10.2. The van der Waals surface area contributed by atoms with Crippen LogP contribution >= 0.6 is 11.6 Å². The average Bonchev–Trinajstić information content (AvgIpc) is 2.46. The molecule has 0 amide bonds. The summed E-state index contributed by atoms with van der Waals surface area (Å²) in [6, 6.07) is 6.24. The second-order valence-electron chi connectivity index (χ2n) is 4.98. The number of pyridine rings is 1. The lowest BCUT2D eigenvalue weighted by molar-refractivity contribution is 0.214. The van der Waals surface area contributed by atoms with Crippen LogP contribution in [0.1, 0.15) is 12.5 Å². The average molecular weight is 329 g/mol. The van der Waals surface area contributed by atoms with Gasteiger partial charge in [-0.1, -0.05) is 23.7 Å². The first-order valence-corrected chi connectivity index (χ1v) is 8.25. The van der Waals surface area contributed by atoms with Gasteiger partial charge in [-0.3, -0.25) is 0 Å². The van der Waals surface area contributed by atoms with Gasteiger partial charge in [-0.05, 0) is 31.5 Å². The molecule has 1 N–H and O–H groups in total. The molecule has 7 heteroatoms. The van der Waals surface area contributed by atoms with Gasteiger partial charge in [-0.25, -0.2) is 13.4 Å². The molecule has 1 unspecified atom stereocenters. The van der Waals surface area contributed by atoms with Gasteiger partial charge < -0.3 is 5.11 Å². The van der Waals surface area contributed by atoms with Gasteiger partial charge in [0.1, 0.15) is 10.0 Å². The standard InChI is InChI=1S/C14H17ClN2O3S/c1-9-7-11-5-4-6-12(13(11)16-14(9)15)21(19,20)17(3)10(2)8-18/h4-7,10,18H,8H2,1-3H3. The van der Waals surface area contributed by atoms with E-state index in [1.54, 1.807) is 25.1 Å². The first-order valence-electron chi connectivity index (χ1n) is 6.43. The minimum atomic E-state index is -3.75. The highest BCUT2D eigenvalue weighted by Gasteiger charge is 2.27. The van der Waals surface area contributed by atoms with E-state index in [1.165, 1.54) is 13.1 Å². The van der Waals surface area contributed by atoms with Gasteiger partial charge in [0.15, 0.2) is 0 Å². The van der Waals surface area contributed by atoms with Crippen LogP contribution < -0.4 is 0 Å². The normalized spacial score (nSPS) is 13.8. The van der Waals surface area contributed by atoms with Gasteiger partial charge in [-0.15, -0.1) is 0 Å². The molecule has 0 spiro atoms. The fourth-order valence-corrected chi connectivity index (χ4v) is 3.62. The Labute approximate surface area is 129 Å². The predicted octanol–water partition coefficient (Wildman–Crippen LogP) is 2.20. The molecule has 2 aromatic rings. The lowest BCUT2D eigenvalue weighted by Gasteiger charge is -2.23. The van der Waals surface area contributed by atoms with Crippen LogP contribution in [0.4, 0.5) is 0 Å². The van der Waals surface area contributed by atoms with Crippen molar-refractivity contribution in [2.75, 3.05) is 13.7 Å². The molecule has 1 aromatic carbocycles. The van der Waals surface area contributed by atoms with E-state index in [0.29, 0.717) is 10.9 Å². The van der Waals surface area contributed by atoms with Crippen LogP contribution in [-0.2, 0) is 10.0 Å². The highest BCUT2D eigenvalue weighted by Crippen LogP contribution is 2.27. The summed E-state index contributed by atoms with van der Waals surface area (Å²) in [4.78, 5) is 4.29. The lowest BCUT2D eigenvalue weighted by atomic mass is 10.2. The SMILES string of the molecule is Cc1cc2cccc(S(=O)(=O)N(C)C(C)CO)c2nc1Cl. The quantitative estimate of drug-likeness (QED) is 0.873. The lowest BCUT2D eigenvalue weighted by Crippen LogP contribution is -2.37. The number of aliphatic hydroxyl groups is 1. The zero-order chi connectivity index (χ0) is 15.8. The molecule has 0 saturated carbocycles. The minimum Gasteiger partial charge on any atom is -0.395 e. The van der Waals surface area contributed by atoms with Gasteiger partial charge in [0.2, 0.25) is 10.0 Å². The molecule has 5 nitrogen and oxygen atoms in total. The summed E-state index contributed by atoms with van der Waals surface area (Å²) in [5.74, 6) is 0. The zero-order valence-electron chi connectivity index (χ0n) is 12.0. The number of aromatic nitrogens is 1. The Morgan fingerprint density at radius 2 is 2.10 bits per heavy atom. The Kier molecular flexibility index (Phi) is 4.53. The van der Waals surface area contributed by atoms with Crippen molar-refractivity contribution in [2.24, 2.45) is 0 Å². The maximum atomic E-state index is 12.7. The van der Waals surface area contributed by atoms with E-state index in [9.17, 15) is 8.42 Å². The number of fused-ring (bicyclic) bond motifs is 1. The molecule has 0 radical (unpaired) electrons. The number of hydrogen-bond acceptors (Lipinski definition) is 4. The van der Waals surface area contributed by atoms with Crippen LogP contribution in [0.3, 0.4) is 0 Å². The number of sulfonamides is 1. The van der Waals surface area contributed by atoms with Crippen molar-refractivity contribution < 1.29 is 13.5 Å². The summed E-state index contributed by atoms with van der Waals surface area (Å²) < 4.78 is 26.5. The molecule has 0 bridgehead atoms. The minimum absolute atomic E-state index is 0.0877. The highest BCUT2D eigenvalue weighted by atomic mass is 35.5. The molecule has 0 aliphatic carbocycles. The third kappa shape index (κ3) is 2.89. The van der Waals surface area contributed by atoms with E-state index < -0.39 is 16.1 Å². The number of aryl methyl sites for hydroxylation is 1. The number of nitrogens with zero attached hydrogens (tertiary/aromatic N) is 2. The molecule has 114 valence electrons. The largest absolute Gasteiger partial charge is 0.395 e. The molecule has 1 heterocycles.